The van der Waals surface area contributed by atoms with Crippen molar-refractivity contribution in [2.75, 3.05) is 6.61 Å². The van der Waals surface area contributed by atoms with Crippen LogP contribution in [0.4, 0.5) is 4.79 Å². The maximum absolute atomic E-state index is 10.7. The number of hydrogen-bond donors (Lipinski definition) is 2. The molecule has 0 aromatic carbocycles. The predicted molar refractivity (Wildman–Crippen MR) is 54.7 cm³/mol. The Bertz CT molecular complexity index is 185. The number of carbonyl (C=O) groups excluding carboxylic acids is 1. The van der Waals surface area contributed by atoms with Gasteiger partial charge in [-0.3, -0.25) is 0 Å². The van der Waals surface area contributed by atoms with Crippen LogP contribution in [0.25, 0.3) is 0 Å². The Labute approximate surface area is 84.8 Å². The van der Waals surface area contributed by atoms with Crippen molar-refractivity contribution in [2.24, 2.45) is 0 Å². The Balaban J connectivity index is 3.43. The molecule has 0 fully saturated rings. The molecule has 0 aliphatic heterocycles. The molecule has 0 bridgehead atoms. The van der Waals surface area contributed by atoms with Gasteiger partial charge in [0, 0.05) is 22.6 Å². The third-order valence-corrected chi connectivity index (χ3v) is 1.18. The smallest absolute Gasteiger partial charge is 0.408 e. The topological polar surface area (TPSA) is 38.3 Å². The van der Waals surface area contributed by atoms with Crippen LogP contribution in [0.15, 0.2) is 0 Å². The number of thiol groups is 1. The summed E-state index contributed by atoms with van der Waals surface area (Å²) in [6.45, 7) is 1.85. The predicted octanol–water partition coefficient (Wildman–Crippen LogP) is 1.38. The van der Waals surface area contributed by atoms with Crippen molar-refractivity contribution in [2.45, 2.75) is 12.3 Å². The Morgan fingerprint density at radius 1 is 1.91 bits per heavy atom. The number of halogens is 1. The number of hydrogen-bond acceptors (Lipinski definition) is 3. The van der Waals surface area contributed by atoms with Crippen molar-refractivity contribution in [3.8, 4) is 9.85 Å². The number of rotatable bonds is 2. The Morgan fingerprint density at radius 2 is 2.55 bits per heavy atom. The lowest BCUT2D eigenvalue weighted by molar-refractivity contribution is 0.160. The van der Waals surface area contributed by atoms with Crippen LogP contribution in [0, 0.1) is 9.85 Å². The standard InChI is InChI=1S/C6H8INO2S/c1-5(11)8-6(9)10-4-2-3-7/h5,11H,4H2,1H3,(H,8,9). The summed E-state index contributed by atoms with van der Waals surface area (Å²) in [7, 11) is 0. The molecule has 3 nitrogen and oxygen atoms in total. The summed E-state index contributed by atoms with van der Waals surface area (Å²) in [5.41, 5.74) is 0. The molecule has 11 heavy (non-hydrogen) atoms. The van der Waals surface area contributed by atoms with E-state index in [0.29, 0.717) is 0 Å². The summed E-state index contributed by atoms with van der Waals surface area (Å²) < 4.78 is 7.19. The Kier molecular flexibility index (Phi) is 6.56. The molecular weight excluding hydrogens is 277 g/mol. The van der Waals surface area contributed by atoms with Crippen LogP contribution < -0.4 is 5.32 Å². The van der Waals surface area contributed by atoms with Gasteiger partial charge in [-0.1, -0.05) is 5.92 Å². The number of alkyl carbamates (subject to hydrolysis) is 1. The number of nitrogens with one attached hydrogen (secondary N) is 1. The van der Waals surface area contributed by atoms with E-state index in [-0.39, 0.29) is 12.0 Å². The van der Waals surface area contributed by atoms with E-state index in [9.17, 15) is 4.79 Å². The molecule has 0 heterocycles. The summed E-state index contributed by atoms with van der Waals surface area (Å²) in [5, 5.41) is 2.24. The van der Waals surface area contributed by atoms with Crippen LogP contribution in [0.2, 0.25) is 0 Å². The fourth-order valence-electron chi connectivity index (χ4n) is 0.341. The van der Waals surface area contributed by atoms with Gasteiger partial charge >= 0.3 is 6.09 Å². The maximum Gasteiger partial charge on any atom is 0.408 e. The molecule has 0 spiro atoms. The highest BCUT2D eigenvalue weighted by Gasteiger charge is 2.01. The molecule has 1 N–H and O–H groups in total. The molecule has 0 saturated heterocycles. The average molecular weight is 285 g/mol. The van der Waals surface area contributed by atoms with Crippen molar-refractivity contribution in [1.82, 2.24) is 5.32 Å². The van der Waals surface area contributed by atoms with E-state index in [2.05, 4.69) is 32.5 Å². The second-order valence-corrected chi connectivity index (χ2v) is 2.98. The van der Waals surface area contributed by atoms with Gasteiger partial charge in [-0.25, -0.2) is 4.79 Å². The fraction of sp³-hybridized carbons (Fsp3) is 0.500. The van der Waals surface area contributed by atoms with E-state index >= 15 is 0 Å². The van der Waals surface area contributed by atoms with Gasteiger partial charge in [-0.2, -0.15) is 12.6 Å². The van der Waals surface area contributed by atoms with Crippen molar-refractivity contribution < 1.29 is 9.53 Å². The number of carbonyl (C=O) groups is 1. The first kappa shape index (κ1) is 10.9. The van der Waals surface area contributed by atoms with E-state index in [4.69, 9.17) is 0 Å². The van der Waals surface area contributed by atoms with E-state index in [0.717, 1.165) is 0 Å². The summed E-state index contributed by atoms with van der Waals surface area (Å²) >= 11 is 5.80. The summed E-state index contributed by atoms with van der Waals surface area (Å²) in [4.78, 5) is 10.7. The van der Waals surface area contributed by atoms with Crippen molar-refractivity contribution in [3.63, 3.8) is 0 Å². The van der Waals surface area contributed by atoms with Gasteiger partial charge in [-0.15, -0.1) is 0 Å². The van der Waals surface area contributed by atoms with Gasteiger partial charge < -0.3 is 10.1 Å². The highest BCUT2D eigenvalue weighted by molar-refractivity contribution is 14.1. The van der Waals surface area contributed by atoms with Gasteiger partial charge in [0.15, 0.2) is 6.61 Å². The van der Waals surface area contributed by atoms with Gasteiger partial charge in [-0.05, 0) is 10.9 Å². The zero-order chi connectivity index (χ0) is 8.69. The molecule has 1 amide bonds. The van der Waals surface area contributed by atoms with Crippen LogP contribution in [-0.4, -0.2) is 18.1 Å². The normalized spacial score (nSPS) is 10.8. The van der Waals surface area contributed by atoms with Crippen molar-refractivity contribution in [3.05, 3.63) is 0 Å². The lowest BCUT2D eigenvalue weighted by atomic mass is 10.7. The van der Waals surface area contributed by atoms with E-state index in [1.54, 1.807) is 6.92 Å². The first-order valence-corrected chi connectivity index (χ1v) is 4.46. The second-order valence-electron chi connectivity index (χ2n) is 1.67. The maximum atomic E-state index is 10.7. The number of amides is 1. The third kappa shape index (κ3) is 7.81. The Morgan fingerprint density at radius 3 is 3.00 bits per heavy atom. The quantitative estimate of drug-likeness (QED) is 0.348. The van der Waals surface area contributed by atoms with Gasteiger partial charge in [0.2, 0.25) is 0 Å². The first-order valence-electron chi connectivity index (χ1n) is 2.86. The van der Waals surface area contributed by atoms with Gasteiger partial charge in [0.25, 0.3) is 0 Å². The minimum Gasteiger partial charge on any atom is -0.436 e. The molecular formula is C6H8INO2S. The van der Waals surface area contributed by atoms with Crippen LogP contribution in [-0.2, 0) is 4.74 Å². The van der Waals surface area contributed by atoms with Gasteiger partial charge in [0.05, 0.1) is 5.37 Å². The SMILES string of the molecule is CC(S)NC(=O)OCC#CI. The van der Waals surface area contributed by atoms with Crippen LogP contribution in [0.3, 0.4) is 0 Å². The van der Waals surface area contributed by atoms with Crippen molar-refractivity contribution in [1.29, 1.82) is 0 Å². The highest BCUT2D eigenvalue weighted by Crippen LogP contribution is 1.87. The fourth-order valence-corrected chi connectivity index (χ4v) is 0.602. The van der Waals surface area contributed by atoms with Gasteiger partial charge in [0.1, 0.15) is 0 Å². The molecule has 1 unspecified atom stereocenters. The van der Waals surface area contributed by atoms with Crippen LogP contribution in [0.5, 0.6) is 0 Å². The van der Waals surface area contributed by atoms with E-state index in [1.807, 2.05) is 22.6 Å². The molecule has 0 saturated carbocycles. The van der Waals surface area contributed by atoms with Crippen LogP contribution >= 0.6 is 35.2 Å². The highest BCUT2D eigenvalue weighted by atomic mass is 127. The lowest BCUT2D eigenvalue weighted by Crippen LogP contribution is -2.29. The van der Waals surface area contributed by atoms with E-state index < -0.39 is 6.09 Å². The molecule has 0 aliphatic rings. The average Bonchev–Trinajstić information content (AvgIpc) is 1.86. The first-order chi connectivity index (χ1) is 5.16. The zero-order valence-electron chi connectivity index (χ0n) is 5.93. The molecule has 0 aromatic heterocycles. The summed E-state index contributed by atoms with van der Waals surface area (Å²) in [5.74, 6) is 2.58. The molecule has 0 aromatic rings. The summed E-state index contributed by atoms with van der Waals surface area (Å²) in [6, 6.07) is 0. The van der Waals surface area contributed by atoms with Crippen LogP contribution in [0.1, 0.15) is 6.92 Å². The summed E-state index contributed by atoms with van der Waals surface area (Å²) in [6.07, 6.45) is -0.494. The molecule has 0 rings (SSSR count). The zero-order valence-corrected chi connectivity index (χ0v) is 8.98. The largest absolute Gasteiger partial charge is 0.436 e. The third-order valence-electron chi connectivity index (χ3n) is 0.669. The molecule has 5 heteroatoms. The minimum absolute atomic E-state index is 0.120. The molecule has 0 aliphatic carbocycles. The molecule has 0 radical (unpaired) electrons. The monoisotopic (exact) mass is 285 g/mol. The van der Waals surface area contributed by atoms with Crippen molar-refractivity contribution >= 4 is 41.3 Å². The molecule has 62 valence electrons. The molecule has 1 atom stereocenters. The Hall–Kier alpha value is -0.0900. The minimum atomic E-state index is -0.494. The van der Waals surface area contributed by atoms with E-state index in [1.165, 1.54) is 0 Å². The number of ether oxygens (including phenoxy) is 1. The lowest BCUT2D eigenvalue weighted by Gasteiger charge is -2.05. The second kappa shape index (κ2) is 6.61.